The summed E-state index contributed by atoms with van der Waals surface area (Å²) in [4.78, 5) is 7.51. The molecular weight excluding hydrogens is 411 g/mol. The summed E-state index contributed by atoms with van der Waals surface area (Å²) in [5, 5.41) is 21.1. The molecule has 30 heavy (non-hydrogen) atoms. The van der Waals surface area contributed by atoms with Gasteiger partial charge in [-0.1, -0.05) is 0 Å². The molecule has 0 aliphatic carbocycles. The molecule has 0 spiro atoms. The second-order valence-corrected chi connectivity index (χ2v) is 6.45. The molecule has 1 atom stereocenters. The third kappa shape index (κ3) is 3.24. The summed E-state index contributed by atoms with van der Waals surface area (Å²) in [6.45, 7) is -1.00. The topological polar surface area (TPSA) is 89.6 Å². The van der Waals surface area contributed by atoms with Gasteiger partial charge in [0.15, 0.2) is 5.60 Å². The maximum Gasteiger partial charge on any atom is 0.325 e. The Bertz CT molecular complexity index is 1220. The number of aromatic nitrogens is 6. The molecule has 2 aromatic heterocycles. The van der Waals surface area contributed by atoms with Gasteiger partial charge in [-0.25, -0.2) is 22.8 Å². The van der Waals surface area contributed by atoms with Crippen LogP contribution in [-0.4, -0.2) is 35.3 Å². The lowest BCUT2D eigenvalue weighted by Crippen LogP contribution is -2.48. The molecule has 0 aliphatic rings. The van der Waals surface area contributed by atoms with Gasteiger partial charge in [0.2, 0.25) is 0 Å². The van der Waals surface area contributed by atoms with Gasteiger partial charge in [0.1, 0.15) is 29.5 Å². The van der Waals surface area contributed by atoms with Crippen molar-refractivity contribution in [3.63, 3.8) is 0 Å². The largest absolute Gasteiger partial charge is 0.377 e. The molecular formula is C18H11F5N6O. The third-order valence-corrected chi connectivity index (χ3v) is 4.50. The van der Waals surface area contributed by atoms with Crippen molar-refractivity contribution in [3.05, 3.63) is 77.6 Å². The minimum Gasteiger partial charge on any atom is -0.377 e. The minimum absolute atomic E-state index is 0.132. The van der Waals surface area contributed by atoms with Gasteiger partial charge in [-0.2, -0.15) is 8.78 Å². The minimum atomic E-state index is -4.27. The highest BCUT2D eigenvalue weighted by Gasteiger charge is 2.58. The van der Waals surface area contributed by atoms with Gasteiger partial charge in [-0.15, -0.1) is 5.10 Å². The zero-order chi connectivity index (χ0) is 21.5. The quantitative estimate of drug-likeness (QED) is 0.498. The van der Waals surface area contributed by atoms with E-state index in [0.717, 1.165) is 29.2 Å². The van der Waals surface area contributed by atoms with Gasteiger partial charge in [0.05, 0.1) is 23.8 Å². The predicted octanol–water partition coefficient (Wildman–Crippen LogP) is 2.71. The normalized spacial score (nSPS) is 14.1. The Morgan fingerprint density at radius 3 is 2.40 bits per heavy atom. The van der Waals surface area contributed by atoms with Crippen LogP contribution >= 0.6 is 0 Å². The number of fused-ring (bicyclic) bond motifs is 1. The van der Waals surface area contributed by atoms with Crippen molar-refractivity contribution in [1.82, 2.24) is 30.2 Å². The monoisotopic (exact) mass is 422 g/mol. The van der Waals surface area contributed by atoms with Crippen LogP contribution in [0, 0.1) is 17.5 Å². The van der Waals surface area contributed by atoms with Gasteiger partial charge in [0.25, 0.3) is 0 Å². The Labute approximate surface area is 164 Å². The van der Waals surface area contributed by atoms with Crippen molar-refractivity contribution in [1.29, 1.82) is 0 Å². The van der Waals surface area contributed by atoms with E-state index in [-0.39, 0.29) is 11.0 Å². The van der Waals surface area contributed by atoms with Crippen molar-refractivity contribution in [2.75, 3.05) is 0 Å². The van der Waals surface area contributed by atoms with E-state index < -0.39 is 46.8 Å². The van der Waals surface area contributed by atoms with E-state index in [9.17, 15) is 18.3 Å². The average molecular weight is 422 g/mol. The number of rotatable bonds is 5. The Balaban J connectivity index is 1.90. The van der Waals surface area contributed by atoms with Crippen molar-refractivity contribution >= 4 is 11.0 Å². The molecule has 0 saturated heterocycles. The number of halogens is 5. The lowest BCUT2D eigenvalue weighted by molar-refractivity contribution is -0.207. The van der Waals surface area contributed by atoms with Gasteiger partial charge < -0.3 is 5.11 Å². The van der Waals surface area contributed by atoms with E-state index in [1.165, 1.54) is 6.07 Å². The van der Waals surface area contributed by atoms with Crippen LogP contribution < -0.4 is 0 Å². The molecule has 4 rings (SSSR count). The molecule has 12 heteroatoms. The SMILES string of the molecule is OC(Cn1cnnn1)(c1ccc(F)cc1F)C(F)(F)c1cnc2ccc(F)cc2n1. The van der Waals surface area contributed by atoms with E-state index in [1.54, 1.807) is 0 Å². The Morgan fingerprint density at radius 2 is 1.70 bits per heavy atom. The van der Waals surface area contributed by atoms with E-state index in [1.807, 2.05) is 0 Å². The fraction of sp³-hybridized carbons (Fsp3) is 0.167. The first kappa shape index (κ1) is 19.8. The third-order valence-electron chi connectivity index (χ3n) is 4.50. The van der Waals surface area contributed by atoms with Gasteiger partial charge in [-0.3, -0.25) is 4.98 Å². The molecule has 0 radical (unpaired) electrons. The summed E-state index contributed by atoms with van der Waals surface area (Å²) in [5.74, 6) is -7.44. The summed E-state index contributed by atoms with van der Waals surface area (Å²) in [5.41, 5.74) is -5.33. The molecule has 1 N–H and O–H groups in total. The Morgan fingerprint density at radius 1 is 0.967 bits per heavy atom. The number of tetrazole rings is 1. The summed E-state index contributed by atoms with van der Waals surface area (Å²) in [6, 6.07) is 4.99. The second kappa shape index (κ2) is 7.06. The number of hydrogen-bond donors (Lipinski definition) is 1. The maximum absolute atomic E-state index is 15.6. The molecule has 0 amide bonds. The lowest BCUT2D eigenvalue weighted by atomic mass is 9.85. The number of nitrogens with zero attached hydrogens (tertiary/aromatic N) is 6. The van der Waals surface area contributed by atoms with Crippen LogP contribution in [0.4, 0.5) is 22.0 Å². The summed E-state index contributed by atoms with van der Waals surface area (Å²) in [7, 11) is 0. The van der Waals surface area contributed by atoms with E-state index >= 15 is 8.78 Å². The van der Waals surface area contributed by atoms with Crippen LogP contribution in [0.3, 0.4) is 0 Å². The van der Waals surface area contributed by atoms with Crippen molar-refractivity contribution in [3.8, 4) is 0 Å². The molecule has 4 aromatic rings. The van der Waals surface area contributed by atoms with E-state index in [4.69, 9.17) is 0 Å². The fourth-order valence-electron chi connectivity index (χ4n) is 3.01. The van der Waals surface area contributed by atoms with Crippen molar-refractivity contribution in [2.45, 2.75) is 18.1 Å². The molecule has 1 unspecified atom stereocenters. The van der Waals surface area contributed by atoms with Crippen LogP contribution in [0.5, 0.6) is 0 Å². The predicted molar refractivity (Wildman–Crippen MR) is 91.5 cm³/mol. The van der Waals surface area contributed by atoms with E-state index in [0.29, 0.717) is 18.3 Å². The molecule has 0 aliphatic heterocycles. The second-order valence-electron chi connectivity index (χ2n) is 6.45. The maximum atomic E-state index is 15.6. The van der Waals surface area contributed by atoms with Gasteiger partial charge in [-0.05, 0) is 34.7 Å². The van der Waals surface area contributed by atoms with Gasteiger partial charge in [0, 0.05) is 17.7 Å². The molecule has 7 nitrogen and oxygen atoms in total. The molecule has 0 saturated carbocycles. The molecule has 154 valence electrons. The molecule has 0 fully saturated rings. The number of hydrogen-bond acceptors (Lipinski definition) is 6. The standard InChI is InChI=1S/C18H11F5N6O/c19-10-1-3-12(13(21)5-10)17(30,8-29-9-25-27-28-29)18(22,23)16-7-24-14-4-2-11(20)6-15(14)26-16/h1-7,9,30H,8H2. The van der Waals surface area contributed by atoms with Crippen LogP contribution in [-0.2, 0) is 18.1 Å². The van der Waals surface area contributed by atoms with Crippen LogP contribution in [0.25, 0.3) is 11.0 Å². The van der Waals surface area contributed by atoms with Crippen molar-refractivity contribution < 1.29 is 27.1 Å². The van der Waals surface area contributed by atoms with Crippen molar-refractivity contribution in [2.24, 2.45) is 0 Å². The van der Waals surface area contributed by atoms with Crippen LogP contribution in [0.1, 0.15) is 11.3 Å². The summed E-state index contributed by atoms with van der Waals surface area (Å²) in [6.07, 6.45) is 1.62. The number of benzene rings is 2. The smallest absolute Gasteiger partial charge is 0.325 e. The molecule has 0 bridgehead atoms. The number of aliphatic hydroxyl groups is 1. The average Bonchev–Trinajstić information content (AvgIpc) is 3.19. The highest BCUT2D eigenvalue weighted by atomic mass is 19.3. The van der Waals surface area contributed by atoms with Crippen LogP contribution in [0.2, 0.25) is 0 Å². The van der Waals surface area contributed by atoms with E-state index in [2.05, 4.69) is 25.5 Å². The highest BCUT2D eigenvalue weighted by molar-refractivity contribution is 5.74. The zero-order valence-electron chi connectivity index (χ0n) is 14.8. The molecule has 2 heterocycles. The lowest BCUT2D eigenvalue weighted by Gasteiger charge is -2.35. The Hall–Kier alpha value is -3.54. The Kier molecular flexibility index (Phi) is 4.65. The first-order valence-electron chi connectivity index (χ1n) is 8.40. The fourth-order valence-corrected chi connectivity index (χ4v) is 3.01. The number of alkyl halides is 2. The summed E-state index contributed by atoms with van der Waals surface area (Å²) >= 11 is 0. The zero-order valence-corrected chi connectivity index (χ0v) is 14.8. The highest BCUT2D eigenvalue weighted by Crippen LogP contribution is 2.46. The summed E-state index contributed by atoms with van der Waals surface area (Å²) < 4.78 is 73.2. The first-order chi connectivity index (χ1) is 14.2. The first-order valence-corrected chi connectivity index (χ1v) is 8.40. The van der Waals surface area contributed by atoms with Crippen LogP contribution in [0.15, 0.2) is 48.9 Å². The molecule has 2 aromatic carbocycles. The van der Waals surface area contributed by atoms with Gasteiger partial charge >= 0.3 is 5.92 Å².